The van der Waals surface area contributed by atoms with E-state index in [-0.39, 0.29) is 0 Å². The van der Waals surface area contributed by atoms with E-state index in [9.17, 15) is 0 Å². The van der Waals surface area contributed by atoms with Crippen molar-refractivity contribution in [2.24, 2.45) is 0 Å². The van der Waals surface area contributed by atoms with Crippen molar-refractivity contribution in [1.82, 2.24) is 14.7 Å². The quantitative estimate of drug-likeness (QED) is 0.544. The number of unbranched alkanes of at least 4 members (excludes halogenated alkanes) is 1. The maximum Gasteiger partial charge on any atom is 0.170 e. The molecule has 0 aliphatic heterocycles. The third kappa shape index (κ3) is 6.42. The number of ether oxygens (including phenoxy) is 1. The van der Waals surface area contributed by atoms with Crippen molar-refractivity contribution < 1.29 is 4.74 Å². The van der Waals surface area contributed by atoms with E-state index in [0.29, 0.717) is 0 Å². The van der Waals surface area contributed by atoms with Crippen LogP contribution in [0.15, 0.2) is 4.34 Å². The van der Waals surface area contributed by atoms with E-state index in [2.05, 4.69) is 14.7 Å². The van der Waals surface area contributed by atoms with Gasteiger partial charge in [0.15, 0.2) is 4.34 Å². The van der Waals surface area contributed by atoms with Crippen molar-refractivity contribution in [3.8, 4) is 0 Å². The number of hydrogen-bond donors (Lipinski definition) is 1. The average Bonchev–Trinajstić information content (AvgIpc) is 2.68. The fraction of sp³-hybridized carbons (Fsp3) is 0.800. The summed E-state index contributed by atoms with van der Waals surface area (Å²) < 4.78 is 10.2. The summed E-state index contributed by atoms with van der Waals surface area (Å²) in [7, 11) is 1.72. The summed E-state index contributed by atoms with van der Waals surface area (Å²) in [6, 6.07) is 0. The Balaban J connectivity index is 1.88. The van der Waals surface area contributed by atoms with Crippen LogP contribution in [0.1, 0.15) is 18.7 Å². The van der Waals surface area contributed by atoms with Crippen molar-refractivity contribution in [2.45, 2.75) is 24.1 Å². The predicted octanol–water partition coefficient (Wildman–Crippen LogP) is 1.95. The number of nitrogens with one attached hydrogen (secondary N) is 1. The Morgan fingerprint density at radius 3 is 2.94 bits per heavy atom. The number of thioether (sulfide) groups is 1. The molecule has 0 radical (unpaired) electrons. The fourth-order valence-electron chi connectivity index (χ4n) is 1.15. The highest BCUT2D eigenvalue weighted by molar-refractivity contribution is 8.00. The molecule has 0 saturated carbocycles. The van der Waals surface area contributed by atoms with E-state index in [1.165, 1.54) is 24.4 Å². The number of methoxy groups -OCH3 is 1. The number of hydrogen-bond acceptors (Lipinski definition) is 6. The molecule has 0 aromatic carbocycles. The lowest BCUT2D eigenvalue weighted by Crippen LogP contribution is -2.20. The third-order valence-corrected chi connectivity index (χ3v) is 3.98. The summed E-state index contributed by atoms with van der Waals surface area (Å²) in [6.07, 6.45) is 2.41. The molecule has 0 amide bonds. The Bertz CT molecular complexity index is 281. The van der Waals surface area contributed by atoms with Crippen LogP contribution < -0.4 is 5.32 Å². The van der Waals surface area contributed by atoms with Gasteiger partial charge in [-0.25, -0.2) is 4.98 Å². The Labute approximate surface area is 105 Å². The first-order chi connectivity index (χ1) is 7.83. The first kappa shape index (κ1) is 13.9. The molecule has 0 unspecified atom stereocenters. The van der Waals surface area contributed by atoms with Crippen molar-refractivity contribution in [3.05, 3.63) is 5.82 Å². The second-order valence-electron chi connectivity index (χ2n) is 3.41. The lowest BCUT2D eigenvalue weighted by molar-refractivity contribution is 0.199. The smallest absolute Gasteiger partial charge is 0.170 e. The largest absolute Gasteiger partial charge is 0.383 e. The molecule has 6 heteroatoms. The van der Waals surface area contributed by atoms with Gasteiger partial charge < -0.3 is 10.1 Å². The fourth-order valence-corrected chi connectivity index (χ4v) is 2.86. The second kappa shape index (κ2) is 8.92. The van der Waals surface area contributed by atoms with Crippen LogP contribution in [0.2, 0.25) is 0 Å². The maximum atomic E-state index is 4.95. The number of nitrogens with zero attached hydrogens (tertiary/aromatic N) is 2. The molecule has 1 N–H and O–H groups in total. The van der Waals surface area contributed by atoms with Gasteiger partial charge >= 0.3 is 0 Å². The zero-order valence-electron chi connectivity index (χ0n) is 9.86. The van der Waals surface area contributed by atoms with E-state index < -0.39 is 0 Å². The van der Waals surface area contributed by atoms with Crippen LogP contribution in [0.25, 0.3) is 0 Å². The third-order valence-electron chi connectivity index (χ3n) is 1.97. The summed E-state index contributed by atoms with van der Waals surface area (Å²) in [6.45, 7) is 4.73. The monoisotopic (exact) mass is 261 g/mol. The molecule has 1 aromatic rings. The molecule has 0 bridgehead atoms. The van der Waals surface area contributed by atoms with Crippen LogP contribution in [0.3, 0.4) is 0 Å². The van der Waals surface area contributed by atoms with Crippen molar-refractivity contribution >= 4 is 23.3 Å². The minimum Gasteiger partial charge on any atom is -0.383 e. The molecule has 0 aliphatic rings. The molecule has 0 aliphatic carbocycles. The molecule has 0 saturated heterocycles. The van der Waals surface area contributed by atoms with Crippen LogP contribution in [0.5, 0.6) is 0 Å². The van der Waals surface area contributed by atoms with Gasteiger partial charge in [0.2, 0.25) is 0 Å². The molecule has 0 atom stereocenters. The first-order valence-electron chi connectivity index (χ1n) is 5.45. The van der Waals surface area contributed by atoms with E-state index >= 15 is 0 Å². The molecule has 92 valence electrons. The molecule has 0 spiro atoms. The Morgan fingerprint density at radius 1 is 1.38 bits per heavy atom. The normalized spacial score (nSPS) is 10.9. The van der Waals surface area contributed by atoms with Gasteiger partial charge in [-0.15, -0.1) is 0 Å². The predicted molar refractivity (Wildman–Crippen MR) is 69.3 cm³/mol. The van der Waals surface area contributed by atoms with Gasteiger partial charge in [-0.1, -0.05) is 11.8 Å². The molecule has 16 heavy (non-hydrogen) atoms. The summed E-state index contributed by atoms with van der Waals surface area (Å²) in [5.74, 6) is 2.01. The van der Waals surface area contributed by atoms with E-state index in [1.54, 1.807) is 18.9 Å². The minimum absolute atomic E-state index is 0.790. The van der Waals surface area contributed by atoms with Gasteiger partial charge in [0.25, 0.3) is 0 Å². The summed E-state index contributed by atoms with van der Waals surface area (Å²) in [5.41, 5.74) is 0. The Hall–Kier alpha value is -0.170. The lowest BCUT2D eigenvalue weighted by Gasteiger charge is -2.02. The topological polar surface area (TPSA) is 47.0 Å². The van der Waals surface area contributed by atoms with Crippen molar-refractivity contribution in [1.29, 1.82) is 0 Å². The standard InChI is InChI=1S/C10H19N3OS2/c1-9-12-10(16-13-9)15-8-4-3-5-11-6-7-14-2/h11H,3-8H2,1-2H3. The van der Waals surface area contributed by atoms with Gasteiger partial charge in [-0.05, 0) is 37.8 Å². The SMILES string of the molecule is COCCNCCCCSc1nc(C)ns1. The molecular formula is C10H19N3OS2. The molecule has 0 fully saturated rings. The highest BCUT2D eigenvalue weighted by Gasteiger charge is 1.99. The van der Waals surface area contributed by atoms with Gasteiger partial charge in [0, 0.05) is 19.4 Å². The molecular weight excluding hydrogens is 242 g/mol. The minimum atomic E-state index is 0.790. The molecule has 1 aromatic heterocycles. The lowest BCUT2D eigenvalue weighted by atomic mass is 10.3. The van der Waals surface area contributed by atoms with Crippen molar-refractivity contribution in [2.75, 3.05) is 32.6 Å². The second-order valence-corrected chi connectivity index (χ2v) is 5.50. The van der Waals surface area contributed by atoms with E-state index in [1.807, 2.05) is 6.92 Å². The molecule has 4 nitrogen and oxygen atoms in total. The van der Waals surface area contributed by atoms with Crippen LogP contribution in [0.4, 0.5) is 0 Å². The highest BCUT2D eigenvalue weighted by Crippen LogP contribution is 2.20. The average molecular weight is 261 g/mol. The van der Waals surface area contributed by atoms with Crippen LogP contribution in [-0.4, -0.2) is 41.9 Å². The first-order valence-corrected chi connectivity index (χ1v) is 7.21. The van der Waals surface area contributed by atoms with Crippen LogP contribution in [0, 0.1) is 6.92 Å². The Morgan fingerprint density at radius 2 is 2.25 bits per heavy atom. The van der Waals surface area contributed by atoms with Gasteiger partial charge in [0.1, 0.15) is 5.82 Å². The Kier molecular flexibility index (Phi) is 7.75. The zero-order chi connectivity index (χ0) is 11.6. The van der Waals surface area contributed by atoms with E-state index in [0.717, 1.165) is 35.6 Å². The number of rotatable bonds is 9. The highest BCUT2D eigenvalue weighted by atomic mass is 32.2. The molecule has 1 rings (SSSR count). The maximum absolute atomic E-state index is 4.95. The zero-order valence-corrected chi connectivity index (χ0v) is 11.5. The van der Waals surface area contributed by atoms with Gasteiger partial charge in [-0.3, -0.25) is 0 Å². The van der Waals surface area contributed by atoms with E-state index in [4.69, 9.17) is 4.74 Å². The van der Waals surface area contributed by atoms with Crippen molar-refractivity contribution in [3.63, 3.8) is 0 Å². The van der Waals surface area contributed by atoms with Crippen LogP contribution >= 0.6 is 23.3 Å². The summed E-state index contributed by atoms with van der Waals surface area (Å²) in [4.78, 5) is 4.31. The molecule has 1 heterocycles. The van der Waals surface area contributed by atoms with Gasteiger partial charge in [-0.2, -0.15) is 4.37 Å². The number of aryl methyl sites for hydroxylation is 1. The summed E-state index contributed by atoms with van der Waals surface area (Å²) in [5, 5.41) is 3.33. The summed E-state index contributed by atoms with van der Waals surface area (Å²) >= 11 is 3.30. The number of aromatic nitrogens is 2. The van der Waals surface area contributed by atoms with Crippen LogP contribution in [-0.2, 0) is 4.74 Å². The van der Waals surface area contributed by atoms with Gasteiger partial charge in [0.05, 0.1) is 6.61 Å².